The van der Waals surface area contributed by atoms with Gasteiger partial charge < -0.3 is 14.9 Å². The highest BCUT2D eigenvalue weighted by Crippen LogP contribution is 2.26. The van der Waals surface area contributed by atoms with E-state index in [0.717, 1.165) is 0 Å². The van der Waals surface area contributed by atoms with Gasteiger partial charge in [-0.3, -0.25) is 4.79 Å². The number of aliphatic hydroxyl groups excluding tert-OH is 1. The summed E-state index contributed by atoms with van der Waals surface area (Å²) in [5.74, 6) is -0.0783. The molecule has 1 aromatic rings. The van der Waals surface area contributed by atoms with E-state index in [1.165, 1.54) is 25.3 Å². The quantitative estimate of drug-likeness (QED) is 0.434. The number of hydrogen-bond donors (Lipinski definition) is 2. The SMILES string of the molecule is COc1cc(C=C(O)C=O)ccc1O. The molecular formula is C10H10O4. The molecule has 0 spiro atoms. The Morgan fingerprint density at radius 2 is 2.21 bits per heavy atom. The van der Waals surface area contributed by atoms with Crippen molar-refractivity contribution in [2.45, 2.75) is 0 Å². The van der Waals surface area contributed by atoms with Crippen molar-refractivity contribution >= 4 is 12.4 Å². The number of ether oxygens (including phenoxy) is 1. The van der Waals surface area contributed by atoms with Gasteiger partial charge in [-0.1, -0.05) is 6.07 Å². The number of rotatable bonds is 3. The van der Waals surface area contributed by atoms with E-state index in [4.69, 9.17) is 9.84 Å². The third kappa shape index (κ3) is 2.26. The van der Waals surface area contributed by atoms with Crippen LogP contribution < -0.4 is 4.74 Å². The molecule has 0 radical (unpaired) electrons. The highest BCUT2D eigenvalue weighted by molar-refractivity contribution is 5.78. The molecule has 1 aromatic carbocycles. The van der Waals surface area contributed by atoms with Crippen molar-refractivity contribution in [1.82, 2.24) is 0 Å². The van der Waals surface area contributed by atoms with E-state index in [1.54, 1.807) is 6.07 Å². The number of carbonyl (C=O) groups is 1. The van der Waals surface area contributed by atoms with Crippen LogP contribution in [-0.2, 0) is 4.79 Å². The fraction of sp³-hybridized carbons (Fsp3) is 0.100. The van der Waals surface area contributed by atoms with E-state index < -0.39 is 0 Å². The monoisotopic (exact) mass is 194 g/mol. The Labute approximate surface area is 81.1 Å². The number of hydrogen-bond acceptors (Lipinski definition) is 4. The van der Waals surface area contributed by atoms with Crippen molar-refractivity contribution in [1.29, 1.82) is 0 Å². The van der Waals surface area contributed by atoms with Crippen LogP contribution in [0.5, 0.6) is 11.5 Å². The van der Waals surface area contributed by atoms with Crippen LogP contribution in [0.2, 0.25) is 0 Å². The van der Waals surface area contributed by atoms with Crippen LogP contribution >= 0.6 is 0 Å². The molecule has 0 unspecified atom stereocenters. The lowest BCUT2D eigenvalue weighted by molar-refractivity contribution is -0.106. The number of allylic oxidation sites excluding steroid dienone is 1. The number of methoxy groups -OCH3 is 1. The van der Waals surface area contributed by atoms with Crippen LogP contribution in [0.25, 0.3) is 6.08 Å². The smallest absolute Gasteiger partial charge is 0.184 e. The van der Waals surface area contributed by atoms with E-state index in [9.17, 15) is 9.90 Å². The third-order valence-electron chi connectivity index (χ3n) is 1.64. The fourth-order valence-electron chi connectivity index (χ4n) is 0.989. The molecule has 14 heavy (non-hydrogen) atoms. The number of phenolic OH excluding ortho intramolecular Hbond substituents is 1. The predicted molar refractivity (Wildman–Crippen MR) is 51.3 cm³/mol. The number of carbonyl (C=O) groups excluding carboxylic acids is 1. The maximum Gasteiger partial charge on any atom is 0.184 e. The molecule has 74 valence electrons. The summed E-state index contributed by atoms with van der Waals surface area (Å²) in [5, 5.41) is 18.2. The Hall–Kier alpha value is -1.97. The lowest BCUT2D eigenvalue weighted by atomic mass is 10.2. The molecule has 0 fully saturated rings. The van der Waals surface area contributed by atoms with Crippen molar-refractivity contribution in [3.05, 3.63) is 29.5 Å². The lowest BCUT2D eigenvalue weighted by Gasteiger charge is -2.03. The first-order valence-corrected chi connectivity index (χ1v) is 3.90. The Morgan fingerprint density at radius 1 is 1.50 bits per heavy atom. The summed E-state index contributed by atoms with van der Waals surface area (Å²) in [4.78, 5) is 10.1. The molecule has 0 saturated heterocycles. The zero-order valence-electron chi connectivity index (χ0n) is 7.60. The van der Waals surface area contributed by atoms with Crippen molar-refractivity contribution in [2.24, 2.45) is 0 Å². The standard InChI is InChI=1S/C10H10O4/c1-14-10-5-7(2-3-9(10)13)4-8(12)6-11/h2-6,12-13H,1H3. The molecule has 0 aliphatic carbocycles. The molecule has 0 aliphatic rings. The Bertz CT molecular complexity index is 368. The van der Waals surface area contributed by atoms with Gasteiger partial charge >= 0.3 is 0 Å². The first-order chi connectivity index (χ1) is 6.67. The predicted octanol–water partition coefficient (Wildman–Crippen LogP) is 1.50. The van der Waals surface area contributed by atoms with Gasteiger partial charge in [0.1, 0.15) is 0 Å². The van der Waals surface area contributed by atoms with Crippen LogP contribution in [0.4, 0.5) is 0 Å². The summed E-state index contributed by atoms with van der Waals surface area (Å²) in [6.07, 6.45) is 1.61. The first-order valence-electron chi connectivity index (χ1n) is 3.90. The largest absolute Gasteiger partial charge is 0.505 e. The zero-order valence-corrected chi connectivity index (χ0v) is 7.60. The van der Waals surface area contributed by atoms with E-state index >= 15 is 0 Å². The number of aldehydes is 1. The molecule has 0 aromatic heterocycles. The second kappa shape index (κ2) is 4.32. The summed E-state index contributed by atoms with van der Waals surface area (Å²) >= 11 is 0. The molecular weight excluding hydrogens is 184 g/mol. The molecule has 0 bridgehead atoms. The van der Waals surface area contributed by atoms with E-state index in [1.807, 2.05) is 0 Å². The van der Waals surface area contributed by atoms with Gasteiger partial charge in [0.25, 0.3) is 0 Å². The first kappa shape index (κ1) is 10.1. The third-order valence-corrected chi connectivity index (χ3v) is 1.64. The van der Waals surface area contributed by atoms with Crippen LogP contribution in [0.1, 0.15) is 5.56 Å². The molecule has 1 rings (SSSR count). The number of phenols is 1. The minimum Gasteiger partial charge on any atom is -0.505 e. The van der Waals surface area contributed by atoms with Gasteiger partial charge in [-0.2, -0.15) is 0 Å². The van der Waals surface area contributed by atoms with Crippen LogP contribution in [0, 0.1) is 0 Å². The minimum atomic E-state index is -0.377. The van der Waals surface area contributed by atoms with E-state index in [2.05, 4.69) is 0 Å². The highest BCUT2D eigenvalue weighted by atomic mass is 16.5. The molecule has 0 heterocycles. The van der Waals surface area contributed by atoms with Crippen molar-refractivity contribution in [3.8, 4) is 11.5 Å². The van der Waals surface area contributed by atoms with Crippen molar-refractivity contribution in [3.63, 3.8) is 0 Å². The molecule has 0 aliphatic heterocycles. The normalized spacial score (nSPS) is 11.1. The maximum absolute atomic E-state index is 10.1. The highest BCUT2D eigenvalue weighted by Gasteiger charge is 2.01. The van der Waals surface area contributed by atoms with E-state index in [-0.39, 0.29) is 17.3 Å². The summed E-state index contributed by atoms with van der Waals surface area (Å²) in [7, 11) is 1.42. The molecule has 0 atom stereocenters. The second-order valence-electron chi connectivity index (χ2n) is 2.62. The average Bonchev–Trinajstić information content (AvgIpc) is 2.20. The fourth-order valence-corrected chi connectivity index (χ4v) is 0.989. The van der Waals surface area contributed by atoms with Crippen molar-refractivity contribution in [2.75, 3.05) is 7.11 Å². The molecule has 2 N–H and O–H groups in total. The lowest BCUT2D eigenvalue weighted by Crippen LogP contribution is -1.86. The maximum atomic E-state index is 10.1. The second-order valence-corrected chi connectivity index (χ2v) is 2.62. The van der Waals surface area contributed by atoms with Gasteiger partial charge in [-0.25, -0.2) is 0 Å². The number of aliphatic hydroxyl groups is 1. The van der Waals surface area contributed by atoms with Crippen LogP contribution in [0.15, 0.2) is 24.0 Å². The van der Waals surface area contributed by atoms with Crippen LogP contribution in [0.3, 0.4) is 0 Å². The summed E-state index contributed by atoms with van der Waals surface area (Å²) in [5.41, 5.74) is 0.573. The minimum absolute atomic E-state index is 0.00948. The van der Waals surface area contributed by atoms with Crippen molar-refractivity contribution < 1.29 is 19.7 Å². The Morgan fingerprint density at radius 3 is 2.79 bits per heavy atom. The summed E-state index contributed by atoms with van der Waals surface area (Å²) in [6.45, 7) is 0. The molecule has 0 amide bonds. The summed E-state index contributed by atoms with van der Waals surface area (Å²) in [6, 6.07) is 4.48. The van der Waals surface area contributed by atoms with Gasteiger partial charge in [0, 0.05) is 0 Å². The number of aromatic hydroxyl groups is 1. The average molecular weight is 194 g/mol. The molecule has 0 saturated carbocycles. The van der Waals surface area contributed by atoms with E-state index in [0.29, 0.717) is 11.8 Å². The Kier molecular flexibility index (Phi) is 3.12. The molecule has 4 nitrogen and oxygen atoms in total. The topological polar surface area (TPSA) is 66.8 Å². The summed E-state index contributed by atoms with van der Waals surface area (Å²) < 4.78 is 4.85. The van der Waals surface area contributed by atoms with Gasteiger partial charge in [0.2, 0.25) is 0 Å². The Balaban J connectivity index is 3.06. The molecule has 4 heteroatoms. The van der Waals surface area contributed by atoms with Gasteiger partial charge in [-0.05, 0) is 23.8 Å². The number of benzene rings is 1. The zero-order chi connectivity index (χ0) is 10.6. The van der Waals surface area contributed by atoms with Crippen LogP contribution in [-0.4, -0.2) is 23.6 Å². The van der Waals surface area contributed by atoms with Gasteiger partial charge in [0.05, 0.1) is 7.11 Å². The van der Waals surface area contributed by atoms with Gasteiger partial charge in [-0.15, -0.1) is 0 Å². The van der Waals surface area contributed by atoms with Gasteiger partial charge in [0.15, 0.2) is 23.5 Å².